The molecule has 1 amide bonds. The zero-order valence-corrected chi connectivity index (χ0v) is 14.5. The largest absolute Gasteiger partial charge is 0.494 e. The zero-order valence-electron chi connectivity index (χ0n) is 13.7. The van der Waals surface area contributed by atoms with Crippen LogP contribution in [0.3, 0.4) is 0 Å². The van der Waals surface area contributed by atoms with Crippen LogP contribution in [-0.4, -0.2) is 18.3 Å². The fourth-order valence-corrected chi connectivity index (χ4v) is 2.84. The highest BCUT2D eigenvalue weighted by atomic mass is 32.2. The lowest BCUT2D eigenvalue weighted by molar-refractivity contribution is 0.102. The van der Waals surface area contributed by atoms with Crippen molar-refractivity contribution >= 4 is 23.4 Å². The van der Waals surface area contributed by atoms with Crippen molar-refractivity contribution in [3.8, 4) is 5.75 Å². The van der Waals surface area contributed by atoms with E-state index in [1.54, 1.807) is 23.9 Å². The van der Waals surface area contributed by atoms with Gasteiger partial charge in [-0.1, -0.05) is 32.4 Å². The first kappa shape index (κ1) is 17.4. The van der Waals surface area contributed by atoms with E-state index in [0.717, 1.165) is 34.9 Å². The predicted octanol–water partition coefficient (Wildman–Crippen LogP) is 5.23. The van der Waals surface area contributed by atoms with Crippen molar-refractivity contribution in [2.24, 2.45) is 0 Å². The van der Waals surface area contributed by atoms with Gasteiger partial charge in [0, 0.05) is 10.5 Å². The van der Waals surface area contributed by atoms with Crippen molar-refractivity contribution in [2.45, 2.75) is 31.6 Å². The van der Waals surface area contributed by atoms with E-state index in [9.17, 15) is 4.79 Å². The van der Waals surface area contributed by atoms with Gasteiger partial charge in [-0.25, -0.2) is 0 Å². The number of hydrogen-bond acceptors (Lipinski definition) is 3. The molecule has 0 unspecified atom stereocenters. The van der Waals surface area contributed by atoms with E-state index in [4.69, 9.17) is 4.74 Å². The third-order valence-corrected chi connectivity index (χ3v) is 4.27. The molecule has 0 saturated carbocycles. The summed E-state index contributed by atoms with van der Waals surface area (Å²) in [5.41, 5.74) is 1.48. The highest BCUT2D eigenvalue weighted by molar-refractivity contribution is 7.99. The Morgan fingerprint density at radius 3 is 2.52 bits per heavy atom. The third kappa shape index (κ3) is 5.32. The average molecular weight is 329 g/mol. The molecular formula is C19H23NO2S. The number of rotatable bonds is 8. The van der Waals surface area contributed by atoms with Gasteiger partial charge in [0.05, 0.1) is 12.3 Å². The van der Waals surface area contributed by atoms with Crippen molar-refractivity contribution in [1.29, 1.82) is 0 Å². The second kappa shape index (κ2) is 9.26. The Kier molecular flexibility index (Phi) is 7.01. The Morgan fingerprint density at radius 2 is 1.83 bits per heavy atom. The molecule has 0 fully saturated rings. The standard InChI is InChI=1S/C19H23NO2S/c1-3-5-14-22-16-12-10-15(11-13-16)19(21)20-17-8-6-7-9-18(17)23-4-2/h6-13H,3-5,14H2,1-2H3,(H,20,21). The van der Waals surface area contributed by atoms with E-state index in [1.165, 1.54) is 0 Å². The van der Waals surface area contributed by atoms with E-state index in [2.05, 4.69) is 19.2 Å². The van der Waals surface area contributed by atoms with Gasteiger partial charge in [-0.15, -0.1) is 11.8 Å². The molecule has 122 valence electrons. The van der Waals surface area contributed by atoms with E-state index in [-0.39, 0.29) is 5.91 Å². The zero-order chi connectivity index (χ0) is 16.5. The van der Waals surface area contributed by atoms with Crippen molar-refractivity contribution in [2.75, 3.05) is 17.7 Å². The van der Waals surface area contributed by atoms with Crippen LogP contribution in [0.15, 0.2) is 53.4 Å². The summed E-state index contributed by atoms with van der Waals surface area (Å²) in [5.74, 6) is 1.67. The first-order valence-electron chi connectivity index (χ1n) is 8.00. The normalized spacial score (nSPS) is 10.3. The third-order valence-electron chi connectivity index (χ3n) is 3.32. The number of carbonyl (C=O) groups excluding carboxylic acids is 1. The van der Waals surface area contributed by atoms with Gasteiger partial charge in [-0.2, -0.15) is 0 Å². The van der Waals surface area contributed by atoms with Gasteiger partial charge in [-0.05, 0) is 48.6 Å². The molecule has 4 heteroatoms. The van der Waals surface area contributed by atoms with Crippen LogP contribution < -0.4 is 10.1 Å². The van der Waals surface area contributed by atoms with Crippen LogP contribution in [0, 0.1) is 0 Å². The number of anilines is 1. The summed E-state index contributed by atoms with van der Waals surface area (Å²) in [5, 5.41) is 2.98. The van der Waals surface area contributed by atoms with Gasteiger partial charge >= 0.3 is 0 Å². The van der Waals surface area contributed by atoms with Crippen molar-refractivity contribution in [3.05, 3.63) is 54.1 Å². The summed E-state index contributed by atoms with van der Waals surface area (Å²) in [6, 6.07) is 15.1. The molecule has 0 spiro atoms. The van der Waals surface area contributed by atoms with Crippen LogP contribution in [0.25, 0.3) is 0 Å². The number of ether oxygens (including phenoxy) is 1. The molecule has 1 N–H and O–H groups in total. The number of para-hydroxylation sites is 1. The Morgan fingerprint density at radius 1 is 1.09 bits per heavy atom. The number of nitrogens with one attached hydrogen (secondary N) is 1. The molecule has 0 bridgehead atoms. The quantitative estimate of drug-likeness (QED) is 0.532. The lowest BCUT2D eigenvalue weighted by atomic mass is 10.2. The highest BCUT2D eigenvalue weighted by Gasteiger charge is 2.09. The molecule has 2 aromatic carbocycles. The Hall–Kier alpha value is -1.94. The van der Waals surface area contributed by atoms with Gasteiger partial charge in [0.25, 0.3) is 5.91 Å². The fourth-order valence-electron chi connectivity index (χ4n) is 2.08. The molecule has 0 saturated heterocycles. The second-order valence-corrected chi connectivity index (χ2v) is 6.42. The molecule has 3 nitrogen and oxygen atoms in total. The van der Waals surface area contributed by atoms with Crippen LogP contribution in [0.4, 0.5) is 5.69 Å². The number of thioether (sulfide) groups is 1. The summed E-state index contributed by atoms with van der Waals surface area (Å²) in [4.78, 5) is 13.5. The van der Waals surface area contributed by atoms with Crippen molar-refractivity contribution in [3.63, 3.8) is 0 Å². The maximum absolute atomic E-state index is 12.4. The van der Waals surface area contributed by atoms with Gasteiger partial charge in [0.2, 0.25) is 0 Å². The van der Waals surface area contributed by atoms with Crippen LogP contribution >= 0.6 is 11.8 Å². The second-order valence-electron chi connectivity index (χ2n) is 5.11. The molecule has 0 radical (unpaired) electrons. The van der Waals surface area contributed by atoms with Gasteiger partial charge < -0.3 is 10.1 Å². The van der Waals surface area contributed by atoms with Crippen LogP contribution in [0.1, 0.15) is 37.0 Å². The minimum atomic E-state index is -0.103. The number of carbonyl (C=O) groups is 1. The number of benzene rings is 2. The van der Waals surface area contributed by atoms with Crippen LogP contribution in [0.5, 0.6) is 5.75 Å². The number of amides is 1. The number of hydrogen-bond donors (Lipinski definition) is 1. The smallest absolute Gasteiger partial charge is 0.255 e. The molecule has 0 heterocycles. The molecule has 0 aromatic heterocycles. The summed E-state index contributed by atoms with van der Waals surface area (Å²) < 4.78 is 5.62. The Labute approximate surface area is 142 Å². The lowest BCUT2D eigenvalue weighted by Gasteiger charge is -2.10. The molecule has 2 aromatic rings. The topological polar surface area (TPSA) is 38.3 Å². The summed E-state index contributed by atoms with van der Waals surface area (Å²) >= 11 is 1.72. The molecule has 23 heavy (non-hydrogen) atoms. The van der Waals surface area contributed by atoms with E-state index >= 15 is 0 Å². The summed E-state index contributed by atoms with van der Waals surface area (Å²) in [6.45, 7) is 4.94. The summed E-state index contributed by atoms with van der Waals surface area (Å²) in [7, 11) is 0. The van der Waals surface area contributed by atoms with Gasteiger partial charge in [0.15, 0.2) is 0 Å². The lowest BCUT2D eigenvalue weighted by Crippen LogP contribution is -2.12. The highest BCUT2D eigenvalue weighted by Crippen LogP contribution is 2.27. The monoisotopic (exact) mass is 329 g/mol. The van der Waals surface area contributed by atoms with Crippen molar-refractivity contribution < 1.29 is 9.53 Å². The Balaban J connectivity index is 2.00. The molecule has 0 aliphatic rings. The number of unbranched alkanes of at least 4 members (excludes halogenated alkanes) is 1. The fraction of sp³-hybridized carbons (Fsp3) is 0.316. The van der Waals surface area contributed by atoms with E-state index in [1.807, 2.05) is 36.4 Å². The van der Waals surface area contributed by atoms with Gasteiger partial charge in [-0.3, -0.25) is 4.79 Å². The maximum Gasteiger partial charge on any atom is 0.255 e. The minimum Gasteiger partial charge on any atom is -0.494 e. The first-order valence-corrected chi connectivity index (χ1v) is 8.99. The van der Waals surface area contributed by atoms with E-state index < -0.39 is 0 Å². The SMILES string of the molecule is CCCCOc1ccc(C(=O)Nc2ccccc2SCC)cc1. The van der Waals surface area contributed by atoms with Crippen LogP contribution in [0.2, 0.25) is 0 Å². The average Bonchev–Trinajstić information content (AvgIpc) is 2.58. The molecule has 0 aliphatic heterocycles. The molecule has 2 rings (SSSR count). The molecule has 0 aliphatic carbocycles. The summed E-state index contributed by atoms with van der Waals surface area (Å²) in [6.07, 6.45) is 2.14. The van der Waals surface area contributed by atoms with Gasteiger partial charge in [0.1, 0.15) is 5.75 Å². The van der Waals surface area contributed by atoms with E-state index in [0.29, 0.717) is 12.2 Å². The molecular weight excluding hydrogens is 306 g/mol. The molecule has 0 atom stereocenters. The Bertz CT molecular complexity index is 626. The maximum atomic E-state index is 12.4. The minimum absolute atomic E-state index is 0.103. The van der Waals surface area contributed by atoms with Crippen LogP contribution in [-0.2, 0) is 0 Å². The predicted molar refractivity (Wildman–Crippen MR) is 97.6 cm³/mol. The first-order chi connectivity index (χ1) is 11.2. The van der Waals surface area contributed by atoms with Crippen molar-refractivity contribution in [1.82, 2.24) is 0 Å².